The molecule has 0 aliphatic rings. The fraction of sp³-hybridized carbons (Fsp3) is 0.0909. The Balaban J connectivity index is 2.67. The molecule has 1 amide bonds. The fourth-order valence-electron chi connectivity index (χ4n) is 1.12. The van der Waals surface area contributed by atoms with E-state index in [0.29, 0.717) is 16.9 Å². The molecule has 0 spiro atoms. The lowest BCUT2D eigenvalue weighted by atomic mass is 10.1. The van der Waals surface area contributed by atoms with E-state index >= 15 is 0 Å². The monoisotopic (exact) mass is 235 g/mol. The number of nitrogen functional groups attached to an aromatic ring is 2. The van der Waals surface area contributed by atoms with E-state index in [4.69, 9.17) is 16.6 Å². The number of amides is 1. The number of anilines is 2. The van der Waals surface area contributed by atoms with Crippen LogP contribution in [0.2, 0.25) is 0 Å². The summed E-state index contributed by atoms with van der Waals surface area (Å²) in [5.41, 5.74) is 12.9. The van der Waals surface area contributed by atoms with Gasteiger partial charge < -0.3 is 21.9 Å². The molecule has 0 aliphatic heterocycles. The predicted molar refractivity (Wildman–Crippen MR) is 64.9 cm³/mol. The smallest absolute Gasteiger partial charge is 0.322 e. The second-order valence-corrected chi connectivity index (χ2v) is 3.33. The van der Waals surface area contributed by atoms with Gasteiger partial charge in [-0.05, 0) is 29.8 Å². The SMILES string of the molecule is Nc1ccc(N)c(/C=C/C(=O)NCC(=O)O)c1. The summed E-state index contributed by atoms with van der Waals surface area (Å²) in [5, 5.41) is 10.5. The van der Waals surface area contributed by atoms with Gasteiger partial charge in [0.1, 0.15) is 6.54 Å². The van der Waals surface area contributed by atoms with Crippen molar-refractivity contribution in [3.05, 3.63) is 29.8 Å². The molecule has 0 saturated carbocycles. The number of nitrogens with two attached hydrogens (primary N) is 2. The number of carboxylic acids is 1. The van der Waals surface area contributed by atoms with Crippen molar-refractivity contribution in [2.75, 3.05) is 18.0 Å². The van der Waals surface area contributed by atoms with Crippen molar-refractivity contribution in [1.29, 1.82) is 0 Å². The lowest BCUT2D eigenvalue weighted by Crippen LogP contribution is -2.27. The average molecular weight is 235 g/mol. The summed E-state index contributed by atoms with van der Waals surface area (Å²) in [5.74, 6) is -1.61. The van der Waals surface area contributed by atoms with Gasteiger partial charge in [-0.1, -0.05) is 0 Å². The number of hydrogen-bond donors (Lipinski definition) is 4. The molecule has 6 heteroatoms. The number of benzene rings is 1. The summed E-state index contributed by atoms with van der Waals surface area (Å²) in [6.07, 6.45) is 2.68. The van der Waals surface area contributed by atoms with Crippen LogP contribution in [0, 0.1) is 0 Å². The zero-order valence-electron chi connectivity index (χ0n) is 9.01. The molecule has 1 aromatic rings. The minimum Gasteiger partial charge on any atom is -0.480 e. The Morgan fingerprint density at radius 3 is 2.71 bits per heavy atom. The molecule has 0 aliphatic carbocycles. The number of nitrogens with one attached hydrogen (secondary N) is 1. The van der Waals surface area contributed by atoms with E-state index in [9.17, 15) is 9.59 Å². The van der Waals surface area contributed by atoms with Gasteiger partial charge in [0.25, 0.3) is 0 Å². The molecular weight excluding hydrogens is 222 g/mol. The first-order chi connectivity index (χ1) is 7.99. The molecule has 0 radical (unpaired) electrons. The van der Waals surface area contributed by atoms with Crippen molar-refractivity contribution in [3.8, 4) is 0 Å². The van der Waals surface area contributed by atoms with Gasteiger partial charge in [0.2, 0.25) is 5.91 Å². The topological polar surface area (TPSA) is 118 Å². The Kier molecular flexibility index (Phi) is 4.10. The minimum atomic E-state index is -1.10. The van der Waals surface area contributed by atoms with Gasteiger partial charge in [0, 0.05) is 17.5 Å². The van der Waals surface area contributed by atoms with Crippen molar-refractivity contribution in [2.45, 2.75) is 0 Å². The number of carbonyl (C=O) groups is 2. The summed E-state index contributed by atoms with van der Waals surface area (Å²) >= 11 is 0. The highest BCUT2D eigenvalue weighted by Crippen LogP contribution is 2.16. The van der Waals surface area contributed by atoms with Crippen LogP contribution in [0.15, 0.2) is 24.3 Å². The Morgan fingerprint density at radius 1 is 1.35 bits per heavy atom. The fourth-order valence-corrected chi connectivity index (χ4v) is 1.12. The lowest BCUT2D eigenvalue weighted by Gasteiger charge is -2.01. The number of aliphatic carboxylic acids is 1. The Labute approximate surface area is 97.9 Å². The molecule has 0 atom stereocenters. The highest BCUT2D eigenvalue weighted by molar-refractivity contribution is 5.94. The summed E-state index contributed by atoms with van der Waals surface area (Å²) in [6, 6.07) is 4.90. The molecule has 0 aromatic heterocycles. The summed E-state index contributed by atoms with van der Waals surface area (Å²) in [7, 11) is 0. The van der Waals surface area contributed by atoms with Crippen molar-refractivity contribution < 1.29 is 14.7 Å². The molecule has 1 aromatic carbocycles. The number of rotatable bonds is 4. The predicted octanol–water partition coefficient (Wildman–Crippen LogP) is 0.0650. The first-order valence-electron chi connectivity index (χ1n) is 4.82. The molecular formula is C11H13N3O3. The van der Waals surface area contributed by atoms with Crippen LogP contribution in [0.4, 0.5) is 11.4 Å². The van der Waals surface area contributed by atoms with E-state index in [2.05, 4.69) is 5.32 Å². The van der Waals surface area contributed by atoms with E-state index < -0.39 is 18.4 Å². The number of carboxylic acid groups (broad SMARTS) is 1. The molecule has 0 unspecified atom stereocenters. The largest absolute Gasteiger partial charge is 0.480 e. The Hall–Kier alpha value is -2.50. The summed E-state index contributed by atoms with van der Waals surface area (Å²) in [6.45, 7) is -0.421. The molecule has 6 nitrogen and oxygen atoms in total. The molecule has 17 heavy (non-hydrogen) atoms. The standard InChI is InChI=1S/C11H13N3O3/c12-8-2-3-9(13)7(5-8)1-4-10(15)14-6-11(16)17/h1-5H,6,12-13H2,(H,14,15)(H,16,17)/b4-1+. The molecule has 0 fully saturated rings. The molecule has 6 N–H and O–H groups in total. The quantitative estimate of drug-likeness (QED) is 0.435. The lowest BCUT2D eigenvalue weighted by molar-refractivity contribution is -0.137. The van der Waals surface area contributed by atoms with Crippen molar-refractivity contribution >= 4 is 29.3 Å². The van der Waals surface area contributed by atoms with Gasteiger partial charge >= 0.3 is 5.97 Å². The summed E-state index contributed by atoms with van der Waals surface area (Å²) < 4.78 is 0. The van der Waals surface area contributed by atoms with Crippen LogP contribution in [0.3, 0.4) is 0 Å². The van der Waals surface area contributed by atoms with E-state index in [1.54, 1.807) is 18.2 Å². The van der Waals surface area contributed by atoms with Crippen LogP contribution < -0.4 is 16.8 Å². The van der Waals surface area contributed by atoms with Crippen molar-refractivity contribution in [1.82, 2.24) is 5.32 Å². The van der Waals surface area contributed by atoms with E-state index in [0.717, 1.165) is 0 Å². The van der Waals surface area contributed by atoms with Crippen molar-refractivity contribution in [2.24, 2.45) is 0 Å². The van der Waals surface area contributed by atoms with Crippen LogP contribution in [0.25, 0.3) is 6.08 Å². The molecule has 0 heterocycles. The maximum atomic E-state index is 11.2. The van der Waals surface area contributed by atoms with Crippen LogP contribution in [-0.2, 0) is 9.59 Å². The molecule has 1 rings (SSSR count). The second kappa shape index (κ2) is 5.55. The highest BCUT2D eigenvalue weighted by Gasteiger charge is 2.00. The van der Waals surface area contributed by atoms with Gasteiger partial charge in [0.05, 0.1) is 0 Å². The third kappa shape index (κ3) is 4.25. The van der Waals surface area contributed by atoms with Gasteiger partial charge in [0.15, 0.2) is 0 Å². The minimum absolute atomic E-state index is 0.421. The summed E-state index contributed by atoms with van der Waals surface area (Å²) in [4.78, 5) is 21.4. The first kappa shape index (κ1) is 12.6. The van der Waals surface area contributed by atoms with E-state index in [1.807, 2.05) is 0 Å². The Bertz CT molecular complexity index is 469. The number of hydrogen-bond acceptors (Lipinski definition) is 4. The van der Waals surface area contributed by atoms with Gasteiger partial charge in [-0.15, -0.1) is 0 Å². The van der Waals surface area contributed by atoms with E-state index in [1.165, 1.54) is 12.2 Å². The van der Waals surface area contributed by atoms with Crippen LogP contribution in [0.1, 0.15) is 5.56 Å². The molecule has 90 valence electrons. The zero-order chi connectivity index (χ0) is 12.8. The van der Waals surface area contributed by atoms with Crippen LogP contribution >= 0.6 is 0 Å². The van der Waals surface area contributed by atoms with Gasteiger partial charge in [-0.3, -0.25) is 9.59 Å². The van der Waals surface area contributed by atoms with Gasteiger partial charge in [-0.2, -0.15) is 0 Å². The van der Waals surface area contributed by atoms with Crippen LogP contribution in [-0.4, -0.2) is 23.5 Å². The third-order valence-electron chi connectivity index (χ3n) is 1.94. The number of carbonyl (C=O) groups excluding carboxylic acids is 1. The van der Waals surface area contributed by atoms with E-state index in [-0.39, 0.29) is 0 Å². The van der Waals surface area contributed by atoms with Gasteiger partial charge in [-0.25, -0.2) is 0 Å². The van der Waals surface area contributed by atoms with Crippen LogP contribution in [0.5, 0.6) is 0 Å². The first-order valence-corrected chi connectivity index (χ1v) is 4.82. The second-order valence-electron chi connectivity index (χ2n) is 3.33. The molecule has 0 saturated heterocycles. The molecule has 0 bridgehead atoms. The maximum absolute atomic E-state index is 11.2. The maximum Gasteiger partial charge on any atom is 0.322 e. The highest BCUT2D eigenvalue weighted by atomic mass is 16.4. The zero-order valence-corrected chi connectivity index (χ0v) is 9.01. The third-order valence-corrected chi connectivity index (χ3v) is 1.94. The average Bonchev–Trinajstić information content (AvgIpc) is 2.27. The Morgan fingerprint density at radius 2 is 2.06 bits per heavy atom. The van der Waals surface area contributed by atoms with Crippen molar-refractivity contribution in [3.63, 3.8) is 0 Å². The normalized spacial score (nSPS) is 10.4.